The van der Waals surface area contributed by atoms with Crippen LogP contribution in [-0.4, -0.2) is 16.9 Å². The second kappa shape index (κ2) is 6.85. The lowest BCUT2D eigenvalue weighted by atomic mass is 10.0. The molecule has 104 valence electrons. The Bertz CT molecular complexity index is 564. The van der Waals surface area contributed by atoms with Gasteiger partial charge in [0.2, 0.25) is 0 Å². The number of aromatic nitrogens is 1. The van der Waals surface area contributed by atoms with E-state index in [4.69, 9.17) is 4.74 Å². The second-order valence-electron chi connectivity index (χ2n) is 4.98. The van der Waals surface area contributed by atoms with Crippen molar-refractivity contribution in [2.45, 2.75) is 32.8 Å². The lowest BCUT2D eigenvalue weighted by molar-refractivity contribution is 0.0982. The predicted octanol–water partition coefficient (Wildman–Crippen LogP) is 3.68. The topological polar surface area (TPSA) is 39.2 Å². The average Bonchev–Trinajstić information content (AvgIpc) is 2.45. The summed E-state index contributed by atoms with van der Waals surface area (Å²) >= 11 is 0. The van der Waals surface area contributed by atoms with Crippen LogP contribution in [0.5, 0.6) is 5.75 Å². The summed E-state index contributed by atoms with van der Waals surface area (Å²) in [6.45, 7) is 3.96. The van der Waals surface area contributed by atoms with Gasteiger partial charge in [0.05, 0.1) is 12.3 Å². The lowest BCUT2D eigenvalue weighted by Crippen LogP contribution is -2.06. The Morgan fingerprint density at radius 1 is 1.20 bits per heavy atom. The molecule has 0 amide bonds. The summed E-state index contributed by atoms with van der Waals surface area (Å²) in [6, 6.07) is 11.3. The summed E-state index contributed by atoms with van der Waals surface area (Å²) in [5.74, 6) is 0.908. The van der Waals surface area contributed by atoms with Gasteiger partial charge in [0.15, 0.2) is 5.78 Å². The van der Waals surface area contributed by atoms with E-state index in [1.54, 1.807) is 12.4 Å². The minimum absolute atomic E-state index is 0.123. The lowest BCUT2D eigenvalue weighted by Gasteiger charge is -2.10. The Hall–Kier alpha value is -2.16. The molecule has 1 heterocycles. The molecule has 0 atom stereocenters. The summed E-state index contributed by atoms with van der Waals surface area (Å²) in [5.41, 5.74) is 1.78. The van der Waals surface area contributed by atoms with Crippen LogP contribution in [0.25, 0.3) is 0 Å². The van der Waals surface area contributed by atoms with Crippen molar-refractivity contribution in [3.05, 3.63) is 59.9 Å². The number of benzene rings is 1. The van der Waals surface area contributed by atoms with Gasteiger partial charge in [-0.15, -0.1) is 0 Å². The molecule has 2 rings (SSSR count). The van der Waals surface area contributed by atoms with Crippen molar-refractivity contribution in [2.24, 2.45) is 0 Å². The summed E-state index contributed by atoms with van der Waals surface area (Å²) in [5, 5.41) is 0. The Morgan fingerprint density at radius 2 is 1.95 bits per heavy atom. The maximum absolute atomic E-state index is 12.0. The Kier molecular flexibility index (Phi) is 4.88. The van der Waals surface area contributed by atoms with Crippen molar-refractivity contribution < 1.29 is 9.53 Å². The molecular weight excluding hydrogens is 250 g/mol. The molecule has 1 aromatic carbocycles. The van der Waals surface area contributed by atoms with Gasteiger partial charge in [0.1, 0.15) is 5.75 Å². The Morgan fingerprint density at radius 3 is 2.65 bits per heavy atom. The molecule has 0 N–H and O–H groups in total. The van der Waals surface area contributed by atoms with Gasteiger partial charge in [-0.05, 0) is 31.9 Å². The van der Waals surface area contributed by atoms with Gasteiger partial charge in [-0.2, -0.15) is 0 Å². The number of aryl methyl sites for hydroxylation is 1. The minimum Gasteiger partial charge on any atom is -0.489 e. The fraction of sp³-hybridized carbons (Fsp3) is 0.294. The first-order valence-electron chi connectivity index (χ1n) is 6.84. The van der Waals surface area contributed by atoms with Crippen molar-refractivity contribution in [3.8, 4) is 5.75 Å². The maximum atomic E-state index is 12.0. The van der Waals surface area contributed by atoms with Crippen LogP contribution in [0.4, 0.5) is 0 Å². The molecular formula is C17H19NO2. The monoisotopic (exact) mass is 269 g/mol. The number of hydrogen-bond donors (Lipinski definition) is 0. The second-order valence-corrected chi connectivity index (χ2v) is 4.98. The quantitative estimate of drug-likeness (QED) is 0.751. The molecule has 0 saturated carbocycles. The number of hydrogen-bond acceptors (Lipinski definition) is 3. The van der Waals surface area contributed by atoms with Gasteiger partial charge < -0.3 is 4.74 Å². The first-order chi connectivity index (χ1) is 9.65. The number of rotatable bonds is 6. The van der Waals surface area contributed by atoms with Crippen molar-refractivity contribution in [1.82, 2.24) is 4.98 Å². The molecule has 0 saturated heterocycles. The normalized spacial score (nSPS) is 10.6. The molecule has 1 aromatic heterocycles. The molecule has 0 aliphatic rings. The van der Waals surface area contributed by atoms with E-state index in [0.29, 0.717) is 12.8 Å². The molecule has 3 heteroatoms. The molecule has 0 bridgehead atoms. The highest BCUT2D eigenvalue weighted by atomic mass is 16.5. The predicted molar refractivity (Wildman–Crippen MR) is 79.1 cm³/mol. The summed E-state index contributed by atoms with van der Waals surface area (Å²) in [7, 11) is 0. The van der Waals surface area contributed by atoms with Gasteiger partial charge in [0, 0.05) is 18.2 Å². The van der Waals surface area contributed by atoms with Crippen LogP contribution in [0, 0.1) is 0 Å². The molecule has 0 spiro atoms. The third-order valence-electron chi connectivity index (χ3n) is 2.88. The van der Waals surface area contributed by atoms with Gasteiger partial charge in [0.25, 0.3) is 0 Å². The molecule has 0 aliphatic heterocycles. The summed E-state index contributed by atoms with van der Waals surface area (Å²) in [6.07, 6.45) is 4.76. The zero-order valence-corrected chi connectivity index (χ0v) is 11.9. The van der Waals surface area contributed by atoms with E-state index in [2.05, 4.69) is 4.98 Å². The van der Waals surface area contributed by atoms with Crippen molar-refractivity contribution in [2.75, 3.05) is 0 Å². The summed E-state index contributed by atoms with van der Waals surface area (Å²) in [4.78, 5) is 16.2. The third kappa shape index (κ3) is 4.19. The smallest absolute Gasteiger partial charge is 0.163 e. The van der Waals surface area contributed by atoms with Crippen LogP contribution in [0.3, 0.4) is 0 Å². The molecule has 2 aromatic rings. The number of ketones is 1. The minimum atomic E-state index is 0.123. The molecule has 0 unspecified atom stereocenters. The average molecular weight is 269 g/mol. The van der Waals surface area contributed by atoms with E-state index in [0.717, 1.165) is 16.9 Å². The Balaban J connectivity index is 1.95. The van der Waals surface area contributed by atoms with E-state index in [1.165, 1.54) is 0 Å². The standard InChI is InChI=1S/C17H19NO2/c1-13(2)20-16-10-14(11-18-12-16)8-9-17(19)15-6-4-3-5-7-15/h3-7,10-13H,8-9H2,1-2H3. The van der Waals surface area contributed by atoms with Crippen molar-refractivity contribution in [3.63, 3.8) is 0 Å². The number of nitrogens with zero attached hydrogens (tertiary/aromatic N) is 1. The molecule has 0 radical (unpaired) electrons. The van der Waals surface area contributed by atoms with Crippen LogP contribution in [0.15, 0.2) is 48.8 Å². The number of Topliss-reactive ketones (excluding diaryl/α,β-unsaturated/α-hetero) is 1. The van der Waals surface area contributed by atoms with Crippen LogP contribution in [0.2, 0.25) is 0 Å². The highest BCUT2D eigenvalue weighted by Gasteiger charge is 2.06. The first kappa shape index (κ1) is 14.3. The third-order valence-corrected chi connectivity index (χ3v) is 2.88. The fourth-order valence-electron chi connectivity index (χ4n) is 1.96. The van der Waals surface area contributed by atoms with Gasteiger partial charge in [-0.25, -0.2) is 0 Å². The van der Waals surface area contributed by atoms with Crippen LogP contribution in [-0.2, 0) is 6.42 Å². The number of carbonyl (C=O) groups is 1. The highest BCUT2D eigenvalue weighted by molar-refractivity contribution is 5.96. The van der Waals surface area contributed by atoms with Crippen molar-refractivity contribution >= 4 is 5.78 Å². The molecule has 0 fully saturated rings. The molecule has 3 nitrogen and oxygen atoms in total. The van der Waals surface area contributed by atoms with Crippen LogP contribution >= 0.6 is 0 Å². The zero-order chi connectivity index (χ0) is 14.4. The fourth-order valence-corrected chi connectivity index (χ4v) is 1.96. The van der Waals surface area contributed by atoms with E-state index in [-0.39, 0.29) is 11.9 Å². The number of ether oxygens (including phenoxy) is 1. The van der Waals surface area contributed by atoms with E-state index >= 15 is 0 Å². The van der Waals surface area contributed by atoms with Gasteiger partial charge >= 0.3 is 0 Å². The SMILES string of the molecule is CC(C)Oc1cncc(CCC(=O)c2ccccc2)c1. The largest absolute Gasteiger partial charge is 0.489 e. The first-order valence-corrected chi connectivity index (χ1v) is 6.84. The zero-order valence-electron chi connectivity index (χ0n) is 11.9. The van der Waals surface area contributed by atoms with E-state index < -0.39 is 0 Å². The van der Waals surface area contributed by atoms with E-state index in [9.17, 15) is 4.79 Å². The van der Waals surface area contributed by atoms with Crippen LogP contribution in [0.1, 0.15) is 36.2 Å². The number of pyridine rings is 1. The van der Waals surface area contributed by atoms with Gasteiger partial charge in [-0.1, -0.05) is 30.3 Å². The summed E-state index contributed by atoms with van der Waals surface area (Å²) < 4.78 is 5.60. The molecule has 0 aliphatic carbocycles. The van der Waals surface area contributed by atoms with Crippen molar-refractivity contribution in [1.29, 1.82) is 0 Å². The highest BCUT2D eigenvalue weighted by Crippen LogP contribution is 2.15. The maximum Gasteiger partial charge on any atom is 0.163 e. The number of carbonyl (C=O) groups excluding carboxylic acids is 1. The molecule has 20 heavy (non-hydrogen) atoms. The van der Waals surface area contributed by atoms with E-state index in [1.807, 2.05) is 50.2 Å². The van der Waals surface area contributed by atoms with Crippen LogP contribution < -0.4 is 4.74 Å². The van der Waals surface area contributed by atoms with Gasteiger partial charge in [-0.3, -0.25) is 9.78 Å². The Labute approximate surface area is 119 Å².